The molecule has 0 bridgehead atoms. The van der Waals surface area contributed by atoms with Crippen LogP contribution in [0.15, 0.2) is 54.6 Å². The van der Waals surface area contributed by atoms with E-state index in [9.17, 15) is 14.7 Å². The molecule has 2 fully saturated rings. The number of rotatable bonds is 6. The van der Waals surface area contributed by atoms with Gasteiger partial charge < -0.3 is 15.2 Å². The minimum atomic E-state index is -0.718. The Morgan fingerprint density at radius 2 is 1.83 bits per heavy atom. The van der Waals surface area contributed by atoms with Gasteiger partial charge in [-0.05, 0) is 62.1 Å². The van der Waals surface area contributed by atoms with Crippen LogP contribution in [0, 0.1) is 11.3 Å². The van der Waals surface area contributed by atoms with Gasteiger partial charge in [-0.3, -0.25) is 14.5 Å². The maximum absolute atomic E-state index is 12.7. The van der Waals surface area contributed by atoms with Gasteiger partial charge in [0.25, 0.3) is 0 Å². The van der Waals surface area contributed by atoms with Gasteiger partial charge in [0.2, 0.25) is 5.91 Å². The third-order valence-electron chi connectivity index (χ3n) is 6.35. The van der Waals surface area contributed by atoms with Gasteiger partial charge in [0.1, 0.15) is 11.5 Å². The Hall–Kier alpha value is -2.86. The molecule has 1 amide bonds. The van der Waals surface area contributed by atoms with E-state index in [2.05, 4.69) is 5.32 Å². The molecule has 3 atom stereocenters. The van der Waals surface area contributed by atoms with Gasteiger partial charge >= 0.3 is 5.97 Å². The van der Waals surface area contributed by atoms with Crippen molar-refractivity contribution < 1.29 is 19.4 Å². The van der Waals surface area contributed by atoms with Crippen molar-refractivity contribution in [1.29, 1.82) is 0 Å². The highest BCUT2D eigenvalue weighted by Crippen LogP contribution is 2.49. The van der Waals surface area contributed by atoms with E-state index in [1.54, 1.807) is 12.1 Å². The van der Waals surface area contributed by atoms with E-state index in [1.165, 1.54) is 0 Å². The van der Waals surface area contributed by atoms with Crippen LogP contribution in [0.5, 0.6) is 11.5 Å². The molecule has 1 aliphatic carbocycles. The number of amides is 1. The monoisotopic (exact) mass is 394 g/mol. The Labute approximate surface area is 170 Å². The molecule has 1 aliphatic heterocycles. The summed E-state index contributed by atoms with van der Waals surface area (Å²) < 4.78 is 5.77. The number of nitrogens with one attached hydrogen (secondary N) is 1. The van der Waals surface area contributed by atoms with Gasteiger partial charge in [-0.1, -0.05) is 24.6 Å². The summed E-state index contributed by atoms with van der Waals surface area (Å²) in [6.07, 6.45) is 2.60. The molecule has 0 aromatic heterocycles. The zero-order valence-corrected chi connectivity index (χ0v) is 16.5. The molecule has 1 unspecified atom stereocenters. The highest BCUT2D eigenvalue weighted by Gasteiger charge is 2.55. The maximum Gasteiger partial charge on any atom is 0.311 e. The third-order valence-corrected chi connectivity index (χ3v) is 6.35. The summed E-state index contributed by atoms with van der Waals surface area (Å²) in [6, 6.07) is 16.4. The molecule has 0 radical (unpaired) electrons. The number of aliphatic carboxylic acids is 1. The van der Waals surface area contributed by atoms with E-state index >= 15 is 0 Å². The van der Waals surface area contributed by atoms with Crippen molar-refractivity contribution in [2.45, 2.75) is 32.2 Å². The largest absolute Gasteiger partial charge is 0.481 e. The van der Waals surface area contributed by atoms with E-state index in [0.717, 1.165) is 18.6 Å². The van der Waals surface area contributed by atoms with Crippen molar-refractivity contribution in [1.82, 2.24) is 4.90 Å². The van der Waals surface area contributed by atoms with Crippen LogP contribution in [-0.2, 0) is 9.59 Å². The molecular weight excluding hydrogens is 368 g/mol. The molecule has 1 heterocycles. The quantitative estimate of drug-likeness (QED) is 0.774. The highest BCUT2D eigenvalue weighted by molar-refractivity contribution is 5.94. The number of carbonyl (C=O) groups excluding carboxylic acids is 1. The van der Waals surface area contributed by atoms with E-state index in [4.69, 9.17) is 4.74 Å². The number of likely N-dealkylation sites (tertiary alicyclic amines) is 1. The van der Waals surface area contributed by atoms with Crippen LogP contribution in [0.3, 0.4) is 0 Å². The van der Waals surface area contributed by atoms with Crippen LogP contribution < -0.4 is 10.1 Å². The second-order valence-electron chi connectivity index (χ2n) is 8.08. The van der Waals surface area contributed by atoms with Crippen LogP contribution in [0.2, 0.25) is 0 Å². The fraction of sp³-hybridized carbons (Fsp3) is 0.391. The average Bonchev–Trinajstić information content (AvgIpc) is 3.28. The van der Waals surface area contributed by atoms with Crippen molar-refractivity contribution >= 4 is 17.6 Å². The number of ether oxygens (including phenoxy) is 1. The molecule has 0 spiro atoms. The van der Waals surface area contributed by atoms with Crippen LogP contribution >= 0.6 is 0 Å². The summed E-state index contributed by atoms with van der Waals surface area (Å²) in [5.74, 6) is 0.749. The molecule has 2 aromatic carbocycles. The van der Waals surface area contributed by atoms with Gasteiger partial charge in [0.15, 0.2) is 0 Å². The molecule has 6 heteroatoms. The molecule has 1 saturated carbocycles. The minimum Gasteiger partial charge on any atom is -0.481 e. The standard InChI is InChI=1S/C23H26N2O4/c1-16(25-14-17-6-5-13-23(17,15-25)22(27)28)21(26)24-18-9-11-20(12-10-18)29-19-7-3-2-4-8-19/h2-4,7-12,16-17H,5-6,13-15H2,1H3,(H,24,26)(H,27,28)/t16?,17-,23+/m0/s1. The fourth-order valence-electron chi connectivity index (χ4n) is 4.62. The molecule has 152 valence electrons. The highest BCUT2D eigenvalue weighted by atomic mass is 16.5. The zero-order chi connectivity index (χ0) is 20.4. The smallest absolute Gasteiger partial charge is 0.311 e. The predicted molar refractivity (Wildman–Crippen MR) is 110 cm³/mol. The zero-order valence-electron chi connectivity index (χ0n) is 16.5. The van der Waals surface area contributed by atoms with E-state index < -0.39 is 11.4 Å². The summed E-state index contributed by atoms with van der Waals surface area (Å²) in [5.41, 5.74) is 0.0138. The number of fused-ring (bicyclic) bond motifs is 1. The second kappa shape index (κ2) is 7.87. The van der Waals surface area contributed by atoms with Gasteiger partial charge in [-0.2, -0.15) is 0 Å². The number of hydrogen-bond acceptors (Lipinski definition) is 4. The number of nitrogens with zero attached hydrogens (tertiary/aromatic N) is 1. The van der Waals surface area contributed by atoms with E-state index in [0.29, 0.717) is 30.9 Å². The van der Waals surface area contributed by atoms with Crippen molar-refractivity contribution in [2.75, 3.05) is 18.4 Å². The number of benzene rings is 2. The predicted octanol–water partition coefficient (Wildman–Crippen LogP) is 3.99. The van der Waals surface area contributed by atoms with Crippen molar-refractivity contribution in [3.05, 3.63) is 54.6 Å². The van der Waals surface area contributed by atoms with Crippen molar-refractivity contribution in [2.24, 2.45) is 11.3 Å². The second-order valence-corrected chi connectivity index (χ2v) is 8.08. The van der Waals surface area contributed by atoms with Crippen LogP contribution in [0.25, 0.3) is 0 Å². The Morgan fingerprint density at radius 3 is 2.48 bits per heavy atom. The number of carboxylic acid groups (broad SMARTS) is 1. The van der Waals surface area contributed by atoms with Gasteiger partial charge in [0, 0.05) is 18.8 Å². The number of anilines is 1. The number of carbonyl (C=O) groups is 2. The van der Waals surface area contributed by atoms with Crippen LogP contribution in [0.1, 0.15) is 26.2 Å². The van der Waals surface area contributed by atoms with E-state index in [1.807, 2.05) is 54.3 Å². The lowest BCUT2D eigenvalue weighted by atomic mass is 9.81. The molecule has 29 heavy (non-hydrogen) atoms. The Bertz CT molecular complexity index is 884. The Balaban J connectivity index is 1.36. The van der Waals surface area contributed by atoms with Gasteiger partial charge in [-0.25, -0.2) is 0 Å². The average molecular weight is 394 g/mol. The lowest BCUT2D eigenvalue weighted by molar-refractivity contribution is -0.149. The lowest BCUT2D eigenvalue weighted by Gasteiger charge is -2.26. The van der Waals surface area contributed by atoms with Gasteiger partial charge in [-0.15, -0.1) is 0 Å². The first kappa shape index (κ1) is 19.5. The maximum atomic E-state index is 12.7. The lowest BCUT2D eigenvalue weighted by Crippen LogP contribution is -2.43. The summed E-state index contributed by atoms with van der Waals surface area (Å²) in [6.45, 7) is 2.97. The molecule has 6 nitrogen and oxygen atoms in total. The fourth-order valence-corrected chi connectivity index (χ4v) is 4.62. The van der Waals surface area contributed by atoms with Crippen LogP contribution in [0.4, 0.5) is 5.69 Å². The number of carboxylic acids is 1. The molecule has 1 saturated heterocycles. The number of hydrogen-bond donors (Lipinski definition) is 2. The van der Waals surface area contributed by atoms with Crippen LogP contribution in [-0.4, -0.2) is 41.0 Å². The van der Waals surface area contributed by atoms with Crippen molar-refractivity contribution in [3.63, 3.8) is 0 Å². The first-order valence-electron chi connectivity index (χ1n) is 10.1. The number of para-hydroxylation sites is 1. The van der Waals surface area contributed by atoms with Gasteiger partial charge in [0.05, 0.1) is 11.5 Å². The first-order chi connectivity index (χ1) is 14.0. The minimum absolute atomic E-state index is 0.123. The van der Waals surface area contributed by atoms with E-state index in [-0.39, 0.29) is 17.9 Å². The molecule has 4 rings (SSSR count). The van der Waals surface area contributed by atoms with Crippen molar-refractivity contribution in [3.8, 4) is 11.5 Å². The Kier molecular flexibility index (Phi) is 5.28. The molecule has 2 aliphatic rings. The normalized spacial score (nSPS) is 24.7. The Morgan fingerprint density at radius 1 is 1.14 bits per heavy atom. The molecule has 2 N–H and O–H groups in total. The molecular formula is C23H26N2O4. The first-order valence-corrected chi connectivity index (χ1v) is 10.1. The SMILES string of the molecule is CC(C(=O)Nc1ccc(Oc2ccccc2)cc1)N1C[C@@H]2CCC[C@@]2(C(=O)O)C1. The molecule has 2 aromatic rings. The summed E-state index contributed by atoms with van der Waals surface area (Å²) in [5, 5.41) is 12.7. The topological polar surface area (TPSA) is 78.9 Å². The summed E-state index contributed by atoms with van der Waals surface area (Å²) in [7, 11) is 0. The summed E-state index contributed by atoms with van der Waals surface area (Å²) >= 11 is 0. The summed E-state index contributed by atoms with van der Waals surface area (Å²) in [4.78, 5) is 26.6. The third kappa shape index (κ3) is 3.85.